The number of hydrogen-bond acceptors (Lipinski definition) is 0. The Morgan fingerprint density at radius 1 is 1.25 bits per heavy atom. The summed E-state index contributed by atoms with van der Waals surface area (Å²) in [4.78, 5) is 0. The second-order valence-corrected chi connectivity index (χ2v) is 0.416. The van der Waals surface area contributed by atoms with E-state index in [9.17, 15) is 2.73 Å². The van der Waals surface area contributed by atoms with Crippen molar-refractivity contribution < 1.29 is 2.73 Å². The fourth-order valence-electron chi connectivity index (χ4n) is 0. The van der Waals surface area contributed by atoms with Crippen LogP contribution in [0.1, 0.15) is 0 Å². The SMILES string of the molecule is [F][Ca][F].[SiH4]. The van der Waals surface area contributed by atoms with Crippen molar-refractivity contribution >= 4 is 46.4 Å². The van der Waals surface area contributed by atoms with Crippen molar-refractivity contribution in [3.8, 4) is 0 Å². The van der Waals surface area contributed by atoms with Crippen LogP contribution in [-0.4, -0.2) is 46.4 Å². The summed E-state index contributed by atoms with van der Waals surface area (Å²) in [6, 6.07) is 0. The number of halogens is 2. The van der Waals surface area contributed by atoms with Gasteiger partial charge in [0, 0.05) is 0 Å². The van der Waals surface area contributed by atoms with Gasteiger partial charge in [-0.1, -0.05) is 0 Å². The molecule has 0 bridgehead atoms. The van der Waals surface area contributed by atoms with E-state index in [-0.39, 0.29) is 11.0 Å². The Morgan fingerprint density at radius 2 is 1.25 bits per heavy atom. The molecular formula is H4CaF2Si. The predicted octanol–water partition coefficient (Wildman–Crippen LogP) is -0.992. The Bertz CT molecular complexity index is 6.00. The van der Waals surface area contributed by atoms with Crippen molar-refractivity contribution in [2.45, 2.75) is 0 Å². The summed E-state index contributed by atoms with van der Waals surface area (Å²) in [6.45, 7) is 0. The summed E-state index contributed by atoms with van der Waals surface area (Å²) in [5.74, 6) is 0. The molecule has 0 fully saturated rings. The maximum atomic E-state index is 9.81. The molecule has 0 aliphatic carbocycles. The maximum Gasteiger partial charge on any atom is -0.0149 e. The Labute approximate surface area is 48.7 Å². The smallest absolute Gasteiger partial charge is 0.0149 e. The first-order valence-electron chi connectivity index (χ1n) is 0.535. The fraction of sp³-hybridized carbons (Fsp3) is 0. The van der Waals surface area contributed by atoms with Crippen molar-refractivity contribution in [2.24, 2.45) is 0 Å². The van der Waals surface area contributed by atoms with Crippen LogP contribution in [0.5, 0.6) is 0 Å². The van der Waals surface area contributed by atoms with Gasteiger partial charge in [0.25, 0.3) is 0 Å². The molecule has 0 heterocycles. The number of hydrogen-bond donors (Lipinski definition) is 0. The minimum atomic E-state index is -2.88. The fourth-order valence-corrected chi connectivity index (χ4v) is 0. The van der Waals surface area contributed by atoms with Crippen LogP contribution in [0.4, 0.5) is 2.73 Å². The predicted molar refractivity (Wildman–Crippen MR) is 19.3 cm³/mol. The van der Waals surface area contributed by atoms with Crippen molar-refractivity contribution in [2.75, 3.05) is 0 Å². The number of rotatable bonds is 0. The first kappa shape index (κ1) is 9.01. The van der Waals surface area contributed by atoms with E-state index in [0.717, 1.165) is 0 Å². The Morgan fingerprint density at radius 3 is 1.25 bits per heavy atom. The summed E-state index contributed by atoms with van der Waals surface area (Å²) in [6.07, 6.45) is 0. The van der Waals surface area contributed by atoms with Gasteiger partial charge in [0.2, 0.25) is 0 Å². The summed E-state index contributed by atoms with van der Waals surface area (Å²) in [5.41, 5.74) is 0. The standard InChI is InChI=1S/Ca.2FH.H4Si/h;2*1H;1H4/q+2;;;/p-2. The molecule has 0 aliphatic rings. The monoisotopic (exact) mass is 110 g/mol. The van der Waals surface area contributed by atoms with Gasteiger partial charge in [-0.2, -0.15) is 0 Å². The average Bonchev–Trinajstić information content (AvgIpc) is 0.918. The zero-order valence-electron chi connectivity index (χ0n) is 1.46. The summed E-state index contributed by atoms with van der Waals surface area (Å²) < 4.78 is 19.6. The van der Waals surface area contributed by atoms with Crippen molar-refractivity contribution in [1.29, 1.82) is 0 Å². The molecule has 24 valence electrons. The van der Waals surface area contributed by atoms with E-state index in [1.807, 2.05) is 0 Å². The van der Waals surface area contributed by atoms with Crippen LogP contribution in [0.15, 0.2) is 0 Å². The van der Waals surface area contributed by atoms with Crippen LogP contribution in [0.3, 0.4) is 0 Å². The average molecular weight is 110 g/mol. The minimum Gasteiger partial charge on any atom is -0.0149 e. The van der Waals surface area contributed by atoms with Crippen LogP contribution in [0.25, 0.3) is 0 Å². The Balaban J connectivity index is 0. The molecule has 0 nitrogen and oxygen atoms in total. The van der Waals surface area contributed by atoms with Gasteiger partial charge in [-0.15, -0.1) is 0 Å². The largest absolute Gasteiger partial charge is 0.0149 e. The molecule has 0 rings (SSSR count). The Kier molecular flexibility index (Phi) is 19.9. The summed E-state index contributed by atoms with van der Waals surface area (Å²) in [7, 11) is 0. The van der Waals surface area contributed by atoms with E-state index in [1.54, 1.807) is 0 Å². The van der Waals surface area contributed by atoms with Gasteiger partial charge in [-0.25, -0.2) is 0 Å². The van der Waals surface area contributed by atoms with E-state index >= 15 is 0 Å². The van der Waals surface area contributed by atoms with Crippen LogP contribution in [0, 0.1) is 0 Å². The molecule has 0 unspecified atom stereocenters. The Hall–Kier alpha value is 1.34. The van der Waals surface area contributed by atoms with E-state index in [1.165, 1.54) is 0 Å². The summed E-state index contributed by atoms with van der Waals surface area (Å²) >= 11 is -2.88. The van der Waals surface area contributed by atoms with Gasteiger partial charge in [0.05, 0.1) is 0 Å². The second kappa shape index (κ2) is 8.84. The molecule has 0 N–H and O–H groups in total. The van der Waals surface area contributed by atoms with E-state index in [2.05, 4.69) is 0 Å². The zero-order chi connectivity index (χ0) is 2.71. The molecule has 0 spiro atoms. The summed E-state index contributed by atoms with van der Waals surface area (Å²) in [5, 5.41) is 0. The normalized spacial score (nSPS) is 2.50. The van der Waals surface area contributed by atoms with Gasteiger partial charge >= 0.3 is 38.1 Å². The molecule has 0 aliphatic heterocycles. The second-order valence-electron chi connectivity index (χ2n) is 0.101. The van der Waals surface area contributed by atoms with Crippen molar-refractivity contribution in [3.63, 3.8) is 0 Å². The molecule has 0 atom stereocenters. The molecule has 4 heavy (non-hydrogen) atoms. The third-order valence-electron chi connectivity index (χ3n) is 0. The van der Waals surface area contributed by atoms with Crippen LogP contribution in [-0.2, 0) is 0 Å². The van der Waals surface area contributed by atoms with E-state index in [4.69, 9.17) is 0 Å². The molecule has 0 radical (unpaired) electrons. The maximum absolute atomic E-state index is 9.81. The topological polar surface area (TPSA) is 0 Å². The molecule has 0 aromatic carbocycles. The van der Waals surface area contributed by atoms with Gasteiger partial charge in [0.15, 0.2) is 0 Å². The molecular weight excluding hydrogens is 106 g/mol. The van der Waals surface area contributed by atoms with Gasteiger partial charge in [-0.05, 0) is 11.0 Å². The van der Waals surface area contributed by atoms with E-state index in [0.29, 0.717) is 0 Å². The molecule has 0 saturated heterocycles. The van der Waals surface area contributed by atoms with Gasteiger partial charge in [-0.3, -0.25) is 0 Å². The van der Waals surface area contributed by atoms with Crippen molar-refractivity contribution in [3.05, 3.63) is 0 Å². The third-order valence-corrected chi connectivity index (χ3v) is 0. The first-order chi connectivity index (χ1) is 1.41. The van der Waals surface area contributed by atoms with Crippen LogP contribution < -0.4 is 0 Å². The van der Waals surface area contributed by atoms with Crippen molar-refractivity contribution in [1.82, 2.24) is 0 Å². The minimum absolute atomic E-state index is 0. The zero-order valence-corrected chi connectivity index (χ0v) is 3.67. The third kappa shape index (κ3) is 10.2. The molecule has 0 aromatic heterocycles. The molecule has 0 amide bonds. The van der Waals surface area contributed by atoms with Gasteiger partial charge < -0.3 is 0 Å². The van der Waals surface area contributed by atoms with Gasteiger partial charge in [0.1, 0.15) is 0 Å². The van der Waals surface area contributed by atoms with Crippen LogP contribution >= 0.6 is 0 Å². The van der Waals surface area contributed by atoms with E-state index < -0.39 is 35.4 Å². The molecule has 0 saturated carbocycles. The quantitative estimate of drug-likeness (QED) is 0.351. The first-order valence-corrected chi connectivity index (χ1v) is 2.20. The molecule has 0 aromatic rings. The molecule has 4 heteroatoms. The van der Waals surface area contributed by atoms with Crippen LogP contribution in [0.2, 0.25) is 0 Å².